The second-order valence-corrected chi connectivity index (χ2v) is 7.39. The topological polar surface area (TPSA) is 71.6 Å². The number of imide groups is 1. The molecule has 1 saturated heterocycles. The van der Waals surface area contributed by atoms with E-state index in [9.17, 15) is 9.59 Å². The van der Waals surface area contributed by atoms with Gasteiger partial charge in [-0.1, -0.05) is 31.8 Å². The Morgan fingerprint density at radius 2 is 2.04 bits per heavy atom. The third-order valence-corrected chi connectivity index (χ3v) is 4.66. The number of hydrogen-bond donors (Lipinski definition) is 0. The summed E-state index contributed by atoms with van der Waals surface area (Å²) < 4.78 is 1.95. The highest BCUT2D eigenvalue weighted by Crippen LogP contribution is 2.26. The predicted molar refractivity (Wildman–Crippen MR) is 95.7 cm³/mol. The fourth-order valence-electron chi connectivity index (χ4n) is 3.15. The molecule has 0 bridgehead atoms. The summed E-state index contributed by atoms with van der Waals surface area (Å²) in [5, 5.41) is 6.52. The van der Waals surface area contributed by atoms with Gasteiger partial charge in [-0.15, -0.1) is 16.7 Å². The molecular formula is C17H25N6O2+. The summed E-state index contributed by atoms with van der Waals surface area (Å²) in [4.78, 5) is 32.7. The van der Waals surface area contributed by atoms with Gasteiger partial charge in [0.1, 0.15) is 6.54 Å². The van der Waals surface area contributed by atoms with Gasteiger partial charge in [-0.2, -0.15) is 0 Å². The maximum Gasteiger partial charge on any atom is 0.416 e. The first kappa shape index (κ1) is 17.3. The smallest absolute Gasteiger partial charge is 0.270 e. The summed E-state index contributed by atoms with van der Waals surface area (Å²) in [5.74, 6) is 0.834. The summed E-state index contributed by atoms with van der Waals surface area (Å²) in [6.45, 7) is 13.3. The van der Waals surface area contributed by atoms with Crippen molar-refractivity contribution in [3.8, 4) is 0 Å². The minimum atomic E-state index is -0.598. The van der Waals surface area contributed by atoms with Gasteiger partial charge in [0.2, 0.25) is 11.9 Å². The molecule has 0 N–H and O–H groups in total. The molecule has 0 spiro atoms. The Morgan fingerprint density at radius 3 is 2.60 bits per heavy atom. The van der Waals surface area contributed by atoms with Gasteiger partial charge < -0.3 is 0 Å². The van der Waals surface area contributed by atoms with E-state index >= 15 is 0 Å². The Bertz CT molecular complexity index is 743. The minimum Gasteiger partial charge on any atom is -0.270 e. The van der Waals surface area contributed by atoms with Crippen LogP contribution in [0.4, 0.5) is 4.79 Å². The number of amides is 3. The molecule has 25 heavy (non-hydrogen) atoms. The summed E-state index contributed by atoms with van der Waals surface area (Å²) in [6.07, 6.45) is 1.56. The van der Waals surface area contributed by atoms with Gasteiger partial charge in [0.25, 0.3) is 5.91 Å². The van der Waals surface area contributed by atoms with Crippen LogP contribution in [-0.4, -0.2) is 81.6 Å². The average Bonchev–Trinajstić information content (AvgIpc) is 2.94. The lowest BCUT2D eigenvalue weighted by molar-refractivity contribution is -0.528. The normalized spacial score (nSPS) is 23.6. The number of carbonyl (C=O) groups excluding carboxylic acids is 2. The lowest BCUT2D eigenvalue weighted by Gasteiger charge is -2.34. The standard InChI is InChI=1S/C17H25N6O2/c1-7-9-21-14(24)12-13(20(6)16(21)25)18-15-22(12)10-11(17(3,4)5)19-23(15)8-2/h7,12H,1,8-10H2,2-6H3/q+1. The maximum atomic E-state index is 13.0. The second-order valence-electron chi connectivity index (χ2n) is 7.39. The number of hydrogen-bond acceptors (Lipinski definition) is 5. The molecule has 0 aliphatic carbocycles. The van der Waals surface area contributed by atoms with Crippen LogP contribution in [-0.2, 0) is 4.79 Å². The quantitative estimate of drug-likeness (QED) is 0.565. The van der Waals surface area contributed by atoms with E-state index in [0.29, 0.717) is 24.9 Å². The van der Waals surface area contributed by atoms with Crippen LogP contribution in [0.5, 0.6) is 0 Å². The van der Waals surface area contributed by atoms with Gasteiger partial charge in [-0.3, -0.25) is 14.6 Å². The number of aliphatic imine (C=N–C) groups is 1. The Kier molecular flexibility index (Phi) is 4.01. The van der Waals surface area contributed by atoms with E-state index in [2.05, 4.69) is 32.3 Å². The van der Waals surface area contributed by atoms with E-state index in [1.807, 2.05) is 11.5 Å². The molecule has 3 rings (SSSR count). The van der Waals surface area contributed by atoms with E-state index in [0.717, 1.165) is 5.71 Å². The highest BCUT2D eigenvalue weighted by Gasteiger charge is 2.54. The van der Waals surface area contributed by atoms with Crippen molar-refractivity contribution in [3.05, 3.63) is 12.7 Å². The number of carbonyl (C=O) groups is 2. The van der Waals surface area contributed by atoms with E-state index < -0.39 is 6.04 Å². The number of guanidine groups is 1. The summed E-state index contributed by atoms with van der Waals surface area (Å²) in [6, 6.07) is -0.972. The van der Waals surface area contributed by atoms with Crippen molar-refractivity contribution < 1.29 is 14.2 Å². The zero-order valence-electron chi connectivity index (χ0n) is 15.5. The Hall–Kier alpha value is -2.51. The van der Waals surface area contributed by atoms with E-state index in [1.54, 1.807) is 18.1 Å². The van der Waals surface area contributed by atoms with Gasteiger partial charge in [-0.25, -0.2) is 9.37 Å². The van der Waals surface area contributed by atoms with Crippen molar-refractivity contribution in [2.45, 2.75) is 33.7 Å². The van der Waals surface area contributed by atoms with Crippen LogP contribution in [0.15, 0.2) is 22.7 Å². The maximum absolute atomic E-state index is 13.0. The van der Waals surface area contributed by atoms with Crippen molar-refractivity contribution in [3.63, 3.8) is 0 Å². The molecule has 0 aromatic carbocycles. The third-order valence-electron chi connectivity index (χ3n) is 4.66. The SMILES string of the molecule is C=CCN1C(=O)C2C(=NC3=[N+]2CC(C(C)(C)C)=NN3CC)N(C)C1=O. The van der Waals surface area contributed by atoms with Crippen LogP contribution in [0.25, 0.3) is 0 Å². The molecule has 3 aliphatic rings. The van der Waals surface area contributed by atoms with E-state index in [4.69, 9.17) is 5.10 Å². The van der Waals surface area contributed by atoms with Gasteiger partial charge in [0.15, 0.2) is 0 Å². The molecule has 1 atom stereocenters. The van der Waals surface area contributed by atoms with E-state index in [1.165, 1.54) is 9.80 Å². The van der Waals surface area contributed by atoms with Crippen LogP contribution in [0, 0.1) is 5.41 Å². The molecule has 0 saturated carbocycles. The molecule has 0 radical (unpaired) electrons. The summed E-state index contributed by atoms with van der Waals surface area (Å²) in [7, 11) is 1.65. The highest BCUT2D eigenvalue weighted by molar-refractivity contribution is 6.23. The summed E-state index contributed by atoms with van der Waals surface area (Å²) >= 11 is 0. The van der Waals surface area contributed by atoms with Crippen molar-refractivity contribution in [1.29, 1.82) is 0 Å². The first-order valence-electron chi connectivity index (χ1n) is 8.48. The van der Waals surface area contributed by atoms with Crippen LogP contribution < -0.4 is 0 Å². The van der Waals surface area contributed by atoms with Crippen LogP contribution >= 0.6 is 0 Å². The zero-order valence-corrected chi connectivity index (χ0v) is 15.5. The van der Waals surface area contributed by atoms with E-state index in [-0.39, 0.29) is 23.9 Å². The number of urea groups is 1. The molecule has 134 valence electrons. The molecule has 3 heterocycles. The largest absolute Gasteiger partial charge is 0.416 e. The Labute approximate surface area is 147 Å². The number of hydrazone groups is 1. The lowest BCUT2D eigenvalue weighted by atomic mass is 9.89. The molecule has 8 nitrogen and oxygen atoms in total. The van der Waals surface area contributed by atoms with Gasteiger partial charge in [-0.05, 0) is 6.92 Å². The number of amidine groups is 1. The number of likely N-dealkylation sites (N-methyl/N-ethyl adjacent to an activating group) is 1. The zero-order chi connectivity index (χ0) is 18.5. The number of nitrogens with zero attached hydrogens (tertiary/aromatic N) is 6. The second kappa shape index (κ2) is 5.79. The predicted octanol–water partition coefficient (Wildman–Crippen LogP) is 0.953. The first-order valence-corrected chi connectivity index (χ1v) is 8.48. The molecule has 3 aliphatic heterocycles. The van der Waals surface area contributed by atoms with Crippen LogP contribution in [0.2, 0.25) is 0 Å². The Morgan fingerprint density at radius 1 is 1.36 bits per heavy atom. The fourth-order valence-corrected chi connectivity index (χ4v) is 3.15. The molecule has 0 aromatic rings. The minimum absolute atomic E-state index is 0.123. The average molecular weight is 345 g/mol. The molecular weight excluding hydrogens is 320 g/mol. The van der Waals surface area contributed by atoms with Gasteiger partial charge in [0.05, 0.1) is 12.3 Å². The molecule has 0 aromatic heterocycles. The fraction of sp³-hybridized carbons (Fsp3) is 0.588. The van der Waals surface area contributed by atoms with Gasteiger partial charge >= 0.3 is 12.0 Å². The first-order chi connectivity index (χ1) is 11.7. The monoisotopic (exact) mass is 345 g/mol. The van der Waals surface area contributed by atoms with Gasteiger partial charge in [0, 0.05) is 19.0 Å². The molecule has 8 heteroatoms. The van der Waals surface area contributed by atoms with Crippen LogP contribution in [0.1, 0.15) is 27.7 Å². The summed E-state index contributed by atoms with van der Waals surface area (Å²) in [5.41, 5.74) is 0.860. The van der Waals surface area contributed by atoms with Crippen molar-refractivity contribution in [1.82, 2.24) is 14.8 Å². The Balaban J connectivity index is 2.04. The molecule has 1 fully saturated rings. The highest BCUT2D eigenvalue weighted by atomic mass is 16.2. The molecule has 1 unspecified atom stereocenters. The van der Waals surface area contributed by atoms with Crippen LogP contribution in [0.3, 0.4) is 0 Å². The molecule has 3 amide bonds. The number of fused-ring (bicyclic) bond motifs is 2. The number of rotatable bonds is 3. The van der Waals surface area contributed by atoms with Crippen molar-refractivity contribution in [2.75, 3.05) is 26.7 Å². The van der Waals surface area contributed by atoms with Crippen molar-refractivity contribution >= 4 is 29.4 Å². The third kappa shape index (κ3) is 2.56. The lowest BCUT2D eigenvalue weighted by Crippen LogP contribution is -2.63. The van der Waals surface area contributed by atoms with Crippen molar-refractivity contribution in [2.24, 2.45) is 15.5 Å².